The molecule has 24 heavy (non-hydrogen) atoms. The summed E-state index contributed by atoms with van der Waals surface area (Å²) < 4.78 is 27.4. The Balaban J connectivity index is 2.16. The second-order valence-electron chi connectivity index (χ2n) is 6.49. The van der Waals surface area contributed by atoms with Gasteiger partial charge in [0.05, 0.1) is 17.5 Å². The normalized spacial score (nSPS) is 16.8. The number of nitrogens with zero attached hydrogens (tertiary/aromatic N) is 4. The number of aliphatic hydroxyl groups excluding tert-OH is 1. The Morgan fingerprint density at radius 1 is 1.33 bits per heavy atom. The van der Waals surface area contributed by atoms with E-state index in [-0.39, 0.29) is 12.0 Å². The number of rotatable bonds is 4. The van der Waals surface area contributed by atoms with E-state index in [1.54, 1.807) is 6.07 Å². The minimum absolute atomic E-state index is 0.0495. The summed E-state index contributed by atoms with van der Waals surface area (Å²) in [5.41, 5.74) is 2.61. The molecule has 8 heteroatoms. The van der Waals surface area contributed by atoms with Crippen LogP contribution in [0.2, 0.25) is 5.15 Å². The van der Waals surface area contributed by atoms with Crippen molar-refractivity contribution in [2.24, 2.45) is 0 Å². The molecule has 1 aliphatic heterocycles. The number of piperidine rings is 1. The molecule has 0 aromatic carbocycles. The van der Waals surface area contributed by atoms with E-state index in [4.69, 9.17) is 11.6 Å². The molecule has 1 fully saturated rings. The van der Waals surface area contributed by atoms with Crippen LogP contribution in [0.25, 0.3) is 11.0 Å². The van der Waals surface area contributed by atoms with E-state index in [2.05, 4.69) is 15.0 Å². The van der Waals surface area contributed by atoms with Gasteiger partial charge in [0, 0.05) is 19.2 Å². The van der Waals surface area contributed by atoms with Crippen LogP contribution in [-0.4, -0.2) is 45.5 Å². The minimum atomic E-state index is -2.50. The Labute approximate surface area is 144 Å². The van der Waals surface area contributed by atoms with Crippen LogP contribution in [0, 0.1) is 0 Å². The number of aromatic nitrogens is 3. The minimum Gasteiger partial charge on any atom is -0.393 e. The number of alkyl halides is 2. The third-order valence-corrected chi connectivity index (χ3v) is 4.53. The van der Waals surface area contributed by atoms with Crippen molar-refractivity contribution in [2.45, 2.75) is 51.7 Å². The second kappa shape index (κ2) is 6.80. The fourth-order valence-corrected chi connectivity index (χ4v) is 3.34. The summed E-state index contributed by atoms with van der Waals surface area (Å²) in [5.74, 6) is 0.0495. The lowest BCUT2D eigenvalue weighted by molar-refractivity contribution is 0.123. The Kier molecular flexibility index (Phi) is 4.92. The van der Waals surface area contributed by atoms with Gasteiger partial charge in [-0.2, -0.15) is 5.10 Å². The van der Waals surface area contributed by atoms with Crippen molar-refractivity contribution in [2.75, 3.05) is 18.0 Å². The first-order chi connectivity index (χ1) is 11.4. The van der Waals surface area contributed by atoms with Gasteiger partial charge in [0.15, 0.2) is 0 Å². The molecule has 0 unspecified atom stereocenters. The Bertz CT molecular complexity index is 726. The Hall–Kier alpha value is -1.47. The fraction of sp³-hybridized carbons (Fsp3) is 0.625. The molecule has 0 saturated carbocycles. The number of anilines is 1. The molecule has 3 rings (SSSR count). The highest BCUT2D eigenvalue weighted by atomic mass is 35.5. The molecule has 0 atom stereocenters. The summed E-state index contributed by atoms with van der Waals surface area (Å²) in [6.45, 7) is 4.72. The number of pyridine rings is 1. The molecular weight excluding hydrogens is 338 g/mol. The van der Waals surface area contributed by atoms with Gasteiger partial charge in [-0.3, -0.25) is 4.68 Å². The molecular formula is C16H21ClF2N4O. The lowest BCUT2D eigenvalue weighted by atomic mass is 10.1. The Morgan fingerprint density at radius 2 is 2.00 bits per heavy atom. The first kappa shape index (κ1) is 17.4. The second-order valence-corrected chi connectivity index (χ2v) is 6.88. The van der Waals surface area contributed by atoms with Crippen LogP contribution in [0.1, 0.15) is 38.3 Å². The van der Waals surface area contributed by atoms with E-state index in [1.807, 2.05) is 13.8 Å². The van der Waals surface area contributed by atoms with Gasteiger partial charge in [-0.25, -0.2) is 13.8 Å². The van der Waals surface area contributed by atoms with Gasteiger partial charge in [-0.15, -0.1) is 0 Å². The molecule has 1 N–H and O–H groups in total. The lowest BCUT2D eigenvalue weighted by Crippen LogP contribution is -2.36. The van der Waals surface area contributed by atoms with E-state index in [1.165, 1.54) is 4.68 Å². The van der Waals surface area contributed by atoms with Crippen LogP contribution in [0.5, 0.6) is 0 Å². The van der Waals surface area contributed by atoms with Crippen molar-refractivity contribution in [3.05, 3.63) is 16.9 Å². The van der Waals surface area contributed by atoms with E-state index < -0.39 is 13.0 Å². The highest BCUT2D eigenvalue weighted by Gasteiger charge is 2.25. The molecule has 0 aliphatic carbocycles. The summed E-state index contributed by atoms with van der Waals surface area (Å²) in [6.07, 6.45) is -1.53. The van der Waals surface area contributed by atoms with E-state index >= 15 is 0 Å². The molecule has 5 nitrogen and oxygen atoms in total. The van der Waals surface area contributed by atoms with Gasteiger partial charge in [0.1, 0.15) is 22.7 Å². The van der Waals surface area contributed by atoms with E-state index in [9.17, 15) is 13.9 Å². The maximum atomic E-state index is 13.0. The van der Waals surface area contributed by atoms with Crippen molar-refractivity contribution >= 4 is 28.3 Å². The van der Waals surface area contributed by atoms with Crippen LogP contribution in [-0.2, 0) is 6.54 Å². The quantitative estimate of drug-likeness (QED) is 0.851. The van der Waals surface area contributed by atoms with E-state index in [0.717, 1.165) is 5.69 Å². The smallest absolute Gasteiger partial charge is 0.257 e. The van der Waals surface area contributed by atoms with Gasteiger partial charge >= 0.3 is 0 Å². The summed E-state index contributed by atoms with van der Waals surface area (Å²) in [6, 6.07) is 1.70. The molecule has 0 spiro atoms. The largest absolute Gasteiger partial charge is 0.393 e. The monoisotopic (exact) mass is 358 g/mol. The molecule has 132 valence electrons. The zero-order chi connectivity index (χ0) is 17.4. The summed E-state index contributed by atoms with van der Waals surface area (Å²) in [7, 11) is 0. The van der Waals surface area contributed by atoms with Crippen molar-refractivity contribution in [1.82, 2.24) is 14.8 Å². The molecule has 1 aliphatic rings. The molecule has 0 radical (unpaired) electrons. The average Bonchev–Trinajstić information content (AvgIpc) is 2.85. The molecule has 0 amide bonds. The highest BCUT2D eigenvalue weighted by molar-refractivity contribution is 6.30. The molecule has 0 bridgehead atoms. The fourth-order valence-electron chi connectivity index (χ4n) is 3.15. The van der Waals surface area contributed by atoms with Gasteiger partial charge in [0.25, 0.3) is 6.43 Å². The molecule has 2 aromatic rings. The molecule has 1 saturated heterocycles. The van der Waals surface area contributed by atoms with Crippen molar-refractivity contribution < 1.29 is 13.9 Å². The molecule has 2 aromatic heterocycles. The third kappa shape index (κ3) is 3.32. The zero-order valence-electron chi connectivity index (χ0n) is 13.7. The van der Waals surface area contributed by atoms with E-state index in [0.29, 0.717) is 47.8 Å². The first-order valence-electron chi connectivity index (χ1n) is 8.15. The maximum absolute atomic E-state index is 13.0. The van der Waals surface area contributed by atoms with Crippen LogP contribution >= 0.6 is 11.6 Å². The zero-order valence-corrected chi connectivity index (χ0v) is 14.5. The van der Waals surface area contributed by atoms with Crippen LogP contribution in [0.3, 0.4) is 0 Å². The standard InChI is InChI=1S/C16H21ClF2N4O/c1-9(2)14-15-16(23(21-14)8-13(18)19)11(7-12(17)20-15)22-5-3-10(24)4-6-22/h7,9-10,13,24H,3-6,8H2,1-2H3. The van der Waals surface area contributed by atoms with Crippen LogP contribution in [0.15, 0.2) is 6.07 Å². The third-order valence-electron chi connectivity index (χ3n) is 4.33. The number of hydrogen-bond acceptors (Lipinski definition) is 4. The van der Waals surface area contributed by atoms with Crippen molar-refractivity contribution in [3.63, 3.8) is 0 Å². The maximum Gasteiger partial charge on any atom is 0.257 e. The summed E-state index contributed by atoms with van der Waals surface area (Å²) >= 11 is 6.19. The van der Waals surface area contributed by atoms with Crippen molar-refractivity contribution in [3.8, 4) is 0 Å². The number of fused-ring (bicyclic) bond motifs is 1. The van der Waals surface area contributed by atoms with Crippen molar-refractivity contribution in [1.29, 1.82) is 0 Å². The topological polar surface area (TPSA) is 54.2 Å². The number of aliphatic hydroxyl groups is 1. The molecule has 3 heterocycles. The van der Waals surface area contributed by atoms with Crippen LogP contribution < -0.4 is 4.90 Å². The SMILES string of the molecule is CC(C)c1nn(CC(F)F)c2c(N3CCC(O)CC3)cc(Cl)nc12. The summed E-state index contributed by atoms with van der Waals surface area (Å²) in [5, 5.41) is 14.4. The Morgan fingerprint density at radius 3 is 2.58 bits per heavy atom. The average molecular weight is 359 g/mol. The number of halogens is 3. The summed E-state index contributed by atoms with van der Waals surface area (Å²) in [4.78, 5) is 6.42. The first-order valence-corrected chi connectivity index (χ1v) is 8.52. The number of hydrogen-bond donors (Lipinski definition) is 1. The predicted molar refractivity (Wildman–Crippen MR) is 90.1 cm³/mol. The highest BCUT2D eigenvalue weighted by Crippen LogP contribution is 2.34. The predicted octanol–water partition coefficient (Wildman–Crippen LogP) is 3.43. The van der Waals surface area contributed by atoms with Gasteiger partial charge < -0.3 is 10.0 Å². The van der Waals surface area contributed by atoms with Gasteiger partial charge in [0.2, 0.25) is 0 Å². The van der Waals surface area contributed by atoms with Gasteiger partial charge in [-0.05, 0) is 18.8 Å². The van der Waals surface area contributed by atoms with Gasteiger partial charge in [-0.1, -0.05) is 25.4 Å². The lowest BCUT2D eigenvalue weighted by Gasteiger charge is -2.32. The van der Waals surface area contributed by atoms with Crippen LogP contribution in [0.4, 0.5) is 14.5 Å².